The van der Waals surface area contributed by atoms with Crippen LogP contribution in [0.1, 0.15) is 37.0 Å². The van der Waals surface area contributed by atoms with E-state index in [1.807, 2.05) is 51.1 Å². The molecule has 1 atom stereocenters. The molecule has 9 heteroatoms. The van der Waals surface area contributed by atoms with Crippen LogP contribution in [-0.2, 0) is 26.2 Å². The molecule has 0 spiro atoms. The molecule has 0 aromatic heterocycles. The molecule has 3 aromatic rings. The van der Waals surface area contributed by atoms with Gasteiger partial charge in [-0.3, -0.25) is 13.9 Å². The van der Waals surface area contributed by atoms with Crippen LogP contribution in [0, 0.1) is 13.8 Å². The highest BCUT2D eigenvalue weighted by molar-refractivity contribution is 9.10. The van der Waals surface area contributed by atoms with Gasteiger partial charge in [-0.1, -0.05) is 65.3 Å². The molecule has 3 aromatic carbocycles. The van der Waals surface area contributed by atoms with Crippen molar-refractivity contribution in [2.24, 2.45) is 0 Å². The predicted octanol–water partition coefficient (Wildman–Crippen LogP) is 5.20. The summed E-state index contributed by atoms with van der Waals surface area (Å²) in [5.41, 5.74) is 2.90. The van der Waals surface area contributed by atoms with Gasteiger partial charge in [0.25, 0.3) is 10.0 Å². The average Bonchev–Trinajstić information content (AvgIpc) is 2.90. The SMILES string of the molecule is CCCNC(=O)[C@@H](C)N(Cc1cccc(Br)c1)C(=O)CN(c1cccc(C)c1C)S(=O)(=O)c1ccccc1. The fourth-order valence-corrected chi connectivity index (χ4v) is 5.99. The van der Waals surface area contributed by atoms with Crippen LogP contribution >= 0.6 is 15.9 Å². The van der Waals surface area contributed by atoms with E-state index in [4.69, 9.17) is 0 Å². The lowest BCUT2D eigenvalue weighted by Gasteiger charge is -2.32. The molecule has 0 fully saturated rings. The molecule has 0 aliphatic rings. The maximum Gasteiger partial charge on any atom is 0.264 e. The van der Waals surface area contributed by atoms with E-state index in [9.17, 15) is 18.0 Å². The Morgan fingerprint density at radius 1 is 0.974 bits per heavy atom. The van der Waals surface area contributed by atoms with E-state index < -0.39 is 28.5 Å². The van der Waals surface area contributed by atoms with Crippen molar-refractivity contribution in [2.75, 3.05) is 17.4 Å². The number of nitrogens with zero attached hydrogens (tertiary/aromatic N) is 2. The van der Waals surface area contributed by atoms with Crippen molar-refractivity contribution >= 4 is 43.5 Å². The molecule has 0 radical (unpaired) electrons. The number of carbonyl (C=O) groups excluding carboxylic acids is 2. The standard InChI is InChI=1S/C29H34BrN3O4S/c1-5-17-31-29(35)23(4)32(19-24-12-10-13-25(30)18-24)28(34)20-33(27-16-9-11-21(2)22(27)3)38(36,37)26-14-7-6-8-15-26/h6-16,18,23H,5,17,19-20H2,1-4H3,(H,31,35)/t23-/m1/s1. The molecule has 0 aliphatic carbocycles. The molecular formula is C29H34BrN3O4S. The Bertz CT molecular complexity index is 1380. The van der Waals surface area contributed by atoms with Crippen LogP contribution in [0.5, 0.6) is 0 Å². The summed E-state index contributed by atoms with van der Waals surface area (Å²) in [5, 5.41) is 2.85. The summed E-state index contributed by atoms with van der Waals surface area (Å²) >= 11 is 3.46. The van der Waals surface area contributed by atoms with E-state index in [-0.39, 0.29) is 17.3 Å². The van der Waals surface area contributed by atoms with E-state index in [1.54, 1.807) is 37.3 Å². The first-order valence-electron chi connectivity index (χ1n) is 12.5. The second-order valence-corrected chi connectivity index (χ2v) is 11.9. The van der Waals surface area contributed by atoms with Gasteiger partial charge >= 0.3 is 0 Å². The van der Waals surface area contributed by atoms with Gasteiger partial charge in [0.15, 0.2) is 0 Å². The molecular weight excluding hydrogens is 566 g/mol. The Balaban J connectivity index is 2.05. The van der Waals surface area contributed by atoms with E-state index in [0.717, 1.165) is 31.9 Å². The van der Waals surface area contributed by atoms with Crippen LogP contribution in [0.15, 0.2) is 82.2 Å². The third kappa shape index (κ3) is 7.02. The fourth-order valence-electron chi connectivity index (χ4n) is 4.05. The molecule has 0 aliphatic heterocycles. The number of amides is 2. The predicted molar refractivity (Wildman–Crippen MR) is 154 cm³/mol. The van der Waals surface area contributed by atoms with Crippen molar-refractivity contribution in [2.45, 2.75) is 51.6 Å². The van der Waals surface area contributed by atoms with Crippen LogP contribution in [0.3, 0.4) is 0 Å². The molecule has 202 valence electrons. The molecule has 7 nitrogen and oxygen atoms in total. The van der Waals surface area contributed by atoms with Gasteiger partial charge < -0.3 is 10.2 Å². The minimum Gasteiger partial charge on any atom is -0.354 e. The third-order valence-electron chi connectivity index (χ3n) is 6.41. The van der Waals surface area contributed by atoms with Crippen molar-refractivity contribution in [1.82, 2.24) is 10.2 Å². The van der Waals surface area contributed by atoms with Crippen LogP contribution in [0.25, 0.3) is 0 Å². The van der Waals surface area contributed by atoms with Gasteiger partial charge in [-0.15, -0.1) is 0 Å². The number of hydrogen-bond donors (Lipinski definition) is 1. The number of nitrogens with one attached hydrogen (secondary N) is 1. The second-order valence-electron chi connectivity index (χ2n) is 9.16. The summed E-state index contributed by atoms with van der Waals surface area (Å²) in [4.78, 5) is 28.4. The largest absolute Gasteiger partial charge is 0.354 e. The van der Waals surface area contributed by atoms with Crippen molar-refractivity contribution in [3.05, 3.63) is 94.0 Å². The van der Waals surface area contributed by atoms with Crippen molar-refractivity contribution in [3.63, 3.8) is 0 Å². The summed E-state index contributed by atoms with van der Waals surface area (Å²) < 4.78 is 29.7. The second kappa shape index (κ2) is 13.1. The summed E-state index contributed by atoms with van der Waals surface area (Å²) in [6, 6.07) is 20.1. The van der Waals surface area contributed by atoms with Crippen LogP contribution in [-0.4, -0.2) is 44.3 Å². The summed E-state index contributed by atoms with van der Waals surface area (Å²) in [6.45, 7) is 7.52. The highest BCUT2D eigenvalue weighted by Crippen LogP contribution is 2.29. The number of rotatable bonds is 11. The molecule has 1 N–H and O–H groups in total. The Kier molecular flexibility index (Phi) is 10.1. The maximum atomic E-state index is 13.9. The van der Waals surface area contributed by atoms with E-state index >= 15 is 0 Å². The Labute approximate surface area is 234 Å². The monoisotopic (exact) mass is 599 g/mol. The number of benzene rings is 3. The molecule has 0 bridgehead atoms. The normalized spacial score (nSPS) is 12.0. The highest BCUT2D eigenvalue weighted by Gasteiger charge is 2.33. The quantitative estimate of drug-likeness (QED) is 0.328. The fraction of sp³-hybridized carbons (Fsp3) is 0.310. The summed E-state index contributed by atoms with van der Waals surface area (Å²) in [7, 11) is -4.08. The van der Waals surface area contributed by atoms with Gasteiger partial charge in [-0.05, 0) is 74.2 Å². The number of anilines is 1. The zero-order valence-electron chi connectivity index (χ0n) is 22.1. The van der Waals surface area contributed by atoms with Crippen molar-refractivity contribution < 1.29 is 18.0 Å². The molecule has 38 heavy (non-hydrogen) atoms. The van der Waals surface area contributed by atoms with Crippen LogP contribution in [0.4, 0.5) is 5.69 Å². The Hall–Kier alpha value is -3.17. The maximum absolute atomic E-state index is 13.9. The molecule has 0 unspecified atom stereocenters. The molecule has 0 saturated heterocycles. The lowest BCUT2D eigenvalue weighted by atomic mass is 10.1. The third-order valence-corrected chi connectivity index (χ3v) is 8.68. The topological polar surface area (TPSA) is 86.8 Å². The summed E-state index contributed by atoms with van der Waals surface area (Å²) in [5.74, 6) is -0.774. The number of hydrogen-bond acceptors (Lipinski definition) is 4. The Morgan fingerprint density at radius 3 is 2.32 bits per heavy atom. The number of sulfonamides is 1. The number of carbonyl (C=O) groups is 2. The van der Waals surface area contributed by atoms with E-state index in [2.05, 4.69) is 21.2 Å². The van der Waals surface area contributed by atoms with E-state index in [0.29, 0.717) is 12.2 Å². The number of aryl methyl sites for hydroxylation is 1. The summed E-state index contributed by atoms with van der Waals surface area (Å²) in [6.07, 6.45) is 0.758. The first kappa shape index (κ1) is 29.4. The van der Waals surface area contributed by atoms with Gasteiger partial charge in [0.1, 0.15) is 12.6 Å². The van der Waals surface area contributed by atoms with Crippen molar-refractivity contribution in [1.29, 1.82) is 0 Å². The van der Waals surface area contributed by atoms with Gasteiger partial charge in [-0.25, -0.2) is 8.42 Å². The minimum atomic E-state index is -4.08. The first-order chi connectivity index (χ1) is 18.1. The Morgan fingerprint density at radius 2 is 1.66 bits per heavy atom. The van der Waals surface area contributed by atoms with Gasteiger partial charge in [0.05, 0.1) is 10.6 Å². The first-order valence-corrected chi connectivity index (χ1v) is 14.7. The molecule has 3 rings (SSSR count). The van der Waals surface area contributed by atoms with Crippen LogP contribution in [0.2, 0.25) is 0 Å². The molecule has 0 heterocycles. The lowest BCUT2D eigenvalue weighted by Crippen LogP contribution is -2.51. The lowest BCUT2D eigenvalue weighted by molar-refractivity contribution is -0.139. The van der Waals surface area contributed by atoms with E-state index in [1.165, 1.54) is 17.0 Å². The highest BCUT2D eigenvalue weighted by atomic mass is 79.9. The van der Waals surface area contributed by atoms with Gasteiger partial charge in [0.2, 0.25) is 11.8 Å². The van der Waals surface area contributed by atoms with Gasteiger partial charge in [0, 0.05) is 17.6 Å². The molecule has 2 amide bonds. The smallest absolute Gasteiger partial charge is 0.264 e. The molecule has 0 saturated carbocycles. The zero-order chi connectivity index (χ0) is 27.9. The van der Waals surface area contributed by atoms with Crippen molar-refractivity contribution in [3.8, 4) is 0 Å². The van der Waals surface area contributed by atoms with Crippen LogP contribution < -0.4 is 9.62 Å². The minimum absolute atomic E-state index is 0.0842. The van der Waals surface area contributed by atoms with Gasteiger partial charge in [-0.2, -0.15) is 0 Å². The average molecular weight is 601 g/mol. The zero-order valence-corrected chi connectivity index (χ0v) is 24.6. The number of halogens is 1.